The zero-order valence-electron chi connectivity index (χ0n) is 11.4. The van der Waals surface area contributed by atoms with E-state index in [4.69, 9.17) is 11.6 Å². The van der Waals surface area contributed by atoms with Gasteiger partial charge in [-0.05, 0) is 49.2 Å². The van der Waals surface area contributed by atoms with Crippen LogP contribution in [0.15, 0.2) is 42.5 Å². The SMILES string of the molecule is CC(Cc1cccc(Cl)c1)NC(=O)c1cc(F)ccc1F. The molecular formula is C16H14ClF2NO. The highest BCUT2D eigenvalue weighted by molar-refractivity contribution is 6.30. The molecule has 1 N–H and O–H groups in total. The van der Waals surface area contributed by atoms with E-state index in [0.717, 1.165) is 23.8 Å². The van der Waals surface area contributed by atoms with Crippen molar-refractivity contribution < 1.29 is 13.6 Å². The second kappa shape index (κ2) is 6.68. The van der Waals surface area contributed by atoms with Gasteiger partial charge in [0.2, 0.25) is 0 Å². The minimum atomic E-state index is -0.746. The highest BCUT2D eigenvalue weighted by Crippen LogP contribution is 2.13. The number of carbonyl (C=O) groups excluding carboxylic acids is 1. The summed E-state index contributed by atoms with van der Waals surface area (Å²) in [7, 11) is 0. The Morgan fingerprint density at radius 2 is 2.00 bits per heavy atom. The predicted octanol–water partition coefficient (Wildman–Crippen LogP) is 3.98. The Morgan fingerprint density at radius 1 is 1.24 bits per heavy atom. The molecule has 2 aromatic carbocycles. The third kappa shape index (κ3) is 4.26. The second-order valence-electron chi connectivity index (χ2n) is 4.83. The number of amides is 1. The van der Waals surface area contributed by atoms with E-state index < -0.39 is 17.5 Å². The summed E-state index contributed by atoms with van der Waals surface area (Å²) in [4.78, 5) is 11.9. The van der Waals surface area contributed by atoms with Gasteiger partial charge in [0, 0.05) is 11.1 Å². The van der Waals surface area contributed by atoms with Gasteiger partial charge in [-0.25, -0.2) is 8.78 Å². The van der Waals surface area contributed by atoms with Gasteiger partial charge in [-0.3, -0.25) is 4.79 Å². The van der Waals surface area contributed by atoms with E-state index in [1.165, 1.54) is 0 Å². The zero-order chi connectivity index (χ0) is 15.4. The summed E-state index contributed by atoms with van der Waals surface area (Å²) in [5, 5.41) is 3.26. The van der Waals surface area contributed by atoms with Crippen molar-refractivity contribution in [3.05, 3.63) is 70.2 Å². The quantitative estimate of drug-likeness (QED) is 0.909. The van der Waals surface area contributed by atoms with Crippen LogP contribution in [0.2, 0.25) is 5.02 Å². The zero-order valence-corrected chi connectivity index (χ0v) is 12.1. The number of nitrogens with one attached hydrogen (secondary N) is 1. The minimum Gasteiger partial charge on any atom is -0.349 e. The lowest BCUT2D eigenvalue weighted by Gasteiger charge is -2.14. The summed E-state index contributed by atoms with van der Waals surface area (Å²) in [5.74, 6) is -2.03. The number of halogens is 3. The van der Waals surface area contributed by atoms with Gasteiger partial charge in [-0.1, -0.05) is 23.7 Å². The topological polar surface area (TPSA) is 29.1 Å². The van der Waals surface area contributed by atoms with Crippen molar-refractivity contribution in [2.45, 2.75) is 19.4 Å². The Labute approximate surface area is 126 Å². The maximum Gasteiger partial charge on any atom is 0.254 e. The van der Waals surface area contributed by atoms with Crippen LogP contribution in [0.25, 0.3) is 0 Å². The Kier molecular flexibility index (Phi) is 4.91. The third-order valence-corrected chi connectivity index (χ3v) is 3.22. The standard InChI is InChI=1S/C16H14ClF2NO/c1-10(7-11-3-2-4-12(17)8-11)20-16(21)14-9-13(18)5-6-15(14)19/h2-6,8-10H,7H2,1H3,(H,20,21). The smallest absolute Gasteiger partial charge is 0.254 e. The lowest BCUT2D eigenvalue weighted by Crippen LogP contribution is -2.34. The van der Waals surface area contributed by atoms with Crippen LogP contribution >= 0.6 is 11.6 Å². The molecule has 0 aliphatic heterocycles. The van der Waals surface area contributed by atoms with Crippen LogP contribution < -0.4 is 5.32 Å². The molecule has 21 heavy (non-hydrogen) atoms. The molecule has 0 saturated carbocycles. The molecule has 2 rings (SSSR count). The van der Waals surface area contributed by atoms with Crippen molar-refractivity contribution in [1.29, 1.82) is 0 Å². The van der Waals surface area contributed by atoms with Crippen LogP contribution in [0.5, 0.6) is 0 Å². The molecule has 0 bridgehead atoms. The van der Waals surface area contributed by atoms with Gasteiger partial charge < -0.3 is 5.32 Å². The molecule has 110 valence electrons. The van der Waals surface area contributed by atoms with Gasteiger partial charge in [0.25, 0.3) is 5.91 Å². The third-order valence-electron chi connectivity index (χ3n) is 2.98. The molecule has 2 aromatic rings. The summed E-state index contributed by atoms with van der Waals surface area (Å²) in [6.07, 6.45) is 0.545. The van der Waals surface area contributed by atoms with E-state index in [-0.39, 0.29) is 11.6 Å². The van der Waals surface area contributed by atoms with Crippen molar-refractivity contribution in [1.82, 2.24) is 5.32 Å². The van der Waals surface area contributed by atoms with Gasteiger partial charge in [0.15, 0.2) is 0 Å². The summed E-state index contributed by atoms with van der Waals surface area (Å²) >= 11 is 5.89. The molecule has 0 aliphatic rings. The molecule has 0 aliphatic carbocycles. The van der Waals surface area contributed by atoms with Gasteiger partial charge in [0.05, 0.1) is 5.56 Å². The van der Waals surface area contributed by atoms with E-state index in [1.54, 1.807) is 19.1 Å². The van der Waals surface area contributed by atoms with Crippen LogP contribution in [0, 0.1) is 11.6 Å². The van der Waals surface area contributed by atoms with Crippen LogP contribution in [0.4, 0.5) is 8.78 Å². The monoisotopic (exact) mass is 309 g/mol. The number of hydrogen-bond donors (Lipinski definition) is 1. The normalized spacial score (nSPS) is 12.0. The van der Waals surface area contributed by atoms with Crippen molar-refractivity contribution in [3.63, 3.8) is 0 Å². The van der Waals surface area contributed by atoms with E-state index in [0.29, 0.717) is 11.4 Å². The molecule has 2 nitrogen and oxygen atoms in total. The Hall–Kier alpha value is -1.94. The fraction of sp³-hybridized carbons (Fsp3) is 0.188. The van der Waals surface area contributed by atoms with Gasteiger partial charge in [-0.15, -0.1) is 0 Å². The van der Waals surface area contributed by atoms with Crippen molar-refractivity contribution in [2.24, 2.45) is 0 Å². The first-order chi connectivity index (χ1) is 9.95. The molecule has 0 saturated heterocycles. The molecule has 0 radical (unpaired) electrons. The average molecular weight is 310 g/mol. The minimum absolute atomic E-state index is 0.237. The van der Waals surface area contributed by atoms with Gasteiger partial charge >= 0.3 is 0 Å². The molecule has 1 amide bonds. The first-order valence-electron chi connectivity index (χ1n) is 6.46. The van der Waals surface area contributed by atoms with Crippen LogP contribution in [0.1, 0.15) is 22.8 Å². The fourth-order valence-electron chi connectivity index (χ4n) is 2.04. The highest BCUT2D eigenvalue weighted by atomic mass is 35.5. The van der Waals surface area contributed by atoms with Gasteiger partial charge in [0.1, 0.15) is 11.6 Å². The Bertz CT molecular complexity index is 660. The number of carbonyl (C=O) groups is 1. The van der Waals surface area contributed by atoms with Crippen LogP contribution in [0.3, 0.4) is 0 Å². The number of benzene rings is 2. The molecule has 5 heteroatoms. The first kappa shape index (κ1) is 15.4. The largest absolute Gasteiger partial charge is 0.349 e. The first-order valence-corrected chi connectivity index (χ1v) is 6.84. The van der Waals surface area contributed by atoms with E-state index in [1.807, 2.05) is 12.1 Å². The van der Waals surface area contributed by atoms with Crippen molar-refractivity contribution in [3.8, 4) is 0 Å². The Morgan fingerprint density at radius 3 is 2.71 bits per heavy atom. The average Bonchev–Trinajstić information content (AvgIpc) is 2.41. The fourth-order valence-corrected chi connectivity index (χ4v) is 2.25. The maximum atomic E-state index is 13.5. The number of hydrogen-bond acceptors (Lipinski definition) is 1. The number of rotatable bonds is 4. The molecule has 0 aromatic heterocycles. The molecule has 0 heterocycles. The van der Waals surface area contributed by atoms with E-state index in [9.17, 15) is 13.6 Å². The molecule has 1 unspecified atom stereocenters. The maximum absolute atomic E-state index is 13.5. The molecule has 0 fully saturated rings. The molecular weight excluding hydrogens is 296 g/mol. The summed E-state index contributed by atoms with van der Waals surface area (Å²) in [5.41, 5.74) is 0.656. The summed E-state index contributed by atoms with van der Waals surface area (Å²) < 4.78 is 26.6. The predicted molar refractivity (Wildman–Crippen MR) is 78.4 cm³/mol. The van der Waals surface area contributed by atoms with Crippen LogP contribution in [-0.4, -0.2) is 11.9 Å². The molecule has 1 atom stereocenters. The van der Waals surface area contributed by atoms with Crippen molar-refractivity contribution in [2.75, 3.05) is 0 Å². The van der Waals surface area contributed by atoms with Crippen molar-refractivity contribution >= 4 is 17.5 Å². The summed E-state index contributed by atoms with van der Waals surface area (Å²) in [6.45, 7) is 1.79. The van der Waals surface area contributed by atoms with Gasteiger partial charge in [-0.2, -0.15) is 0 Å². The highest BCUT2D eigenvalue weighted by Gasteiger charge is 2.15. The second-order valence-corrected chi connectivity index (χ2v) is 5.27. The summed E-state index contributed by atoms with van der Waals surface area (Å²) in [6, 6.07) is 9.82. The van der Waals surface area contributed by atoms with E-state index in [2.05, 4.69) is 5.32 Å². The Balaban J connectivity index is 2.03. The lowest BCUT2D eigenvalue weighted by molar-refractivity contribution is 0.0935. The van der Waals surface area contributed by atoms with E-state index >= 15 is 0 Å². The lowest BCUT2D eigenvalue weighted by atomic mass is 10.1. The van der Waals surface area contributed by atoms with Crippen LogP contribution in [-0.2, 0) is 6.42 Å². The molecule has 0 spiro atoms.